The normalized spacial score (nSPS) is 10.7. The lowest BCUT2D eigenvalue weighted by atomic mass is 10.2. The van der Waals surface area contributed by atoms with Gasteiger partial charge in [0.05, 0.1) is 24.0 Å². The Kier molecular flexibility index (Phi) is 3.23. The van der Waals surface area contributed by atoms with Gasteiger partial charge in [-0.05, 0) is 6.92 Å². The van der Waals surface area contributed by atoms with E-state index in [-0.39, 0.29) is 17.9 Å². The highest BCUT2D eigenvalue weighted by atomic mass is 16.1. The van der Waals surface area contributed by atoms with E-state index in [0.717, 1.165) is 0 Å². The molecule has 0 saturated heterocycles. The van der Waals surface area contributed by atoms with Crippen LogP contribution in [0, 0.1) is 6.92 Å². The molecule has 0 aliphatic heterocycles. The van der Waals surface area contributed by atoms with Crippen molar-refractivity contribution in [1.82, 2.24) is 24.9 Å². The number of nitrogens with one attached hydrogen (secondary N) is 2. The highest BCUT2D eigenvalue weighted by Gasteiger charge is 2.12. The second-order valence-electron chi connectivity index (χ2n) is 4.59. The number of aromatic nitrogens is 4. The molecule has 0 radical (unpaired) electrons. The summed E-state index contributed by atoms with van der Waals surface area (Å²) in [5.41, 5.74) is 2.39. The van der Waals surface area contributed by atoms with E-state index < -0.39 is 0 Å². The number of hydrogen-bond donors (Lipinski definition) is 2. The number of rotatable bonds is 3. The van der Waals surface area contributed by atoms with E-state index >= 15 is 0 Å². The third-order valence-electron chi connectivity index (χ3n) is 3.17. The number of fused-ring (bicyclic) bond motifs is 1. The Hall–Kier alpha value is -2.96. The van der Waals surface area contributed by atoms with Crippen molar-refractivity contribution in [3.63, 3.8) is 0 Å². The molecule has 0 spiro atoms. The highest BCUT2D eigenvalue weighted by Crippen LogP contribution is 2.09. The lowest BCUT2D eigenvalue weighted by Gasteiger charge is -2.08. The van der Waals surface area contributed by atoms with Crippen molar-refractivity contribution >= 4 is 11.6 Å². The van der Waals surface area contributed by atoms with E-state index in [1.54, 1.807) is 29.9 Å². The Labute approximate surface area is 119 Å². The van der Waals surface area contributed by atoms with E-state index in [0.29, 0.717) is 22.6 Å². The predicted octanol–water partition coefficient (Wildman–Crippen LogP) is 0.656. The summed E-state index contributed by atoms with van der Waals surface area (Å²) in [7, 11) is 0. The van der Waals surface area contributed by atoms with E-state index in [4.69, 9.17) is 0 Å². The molecule has 106 valence electrons. The molecule has 3 rings (SSSR count). The third-order valence-corrected chi connectivity index (χ3v) is 3.17. The first-order valence-electron chi connectivity index (χ1n) is 6.40. The maximum Gasteiger partial charge on any atom is 0.255 e. The fourth-order valence-electron chi connectivity index (χ4n) is 2.08. The second-order valence-corrected chi connectivity index (χ2v) is 4.59. The lowest BCUT2D eigenvalue weighted by Crippen LogP contribution is -2.25. The quantitative estimate of drug-likeness (QED) is 0.738. The van der Waals surface area contributed by atoms with E-state index in [1.807, 2.05) is 0 Å². The Morgan fingerprint density at radius 1 is 1.43 bits per heavy atom. The molecular weight excluding hydrogens is 270 g/mol. The van der Waals surface area contributed by atoms with Crippen molar-refractivity contribution in [2.75, 3.05) is 0 Å². The molecule has 3 heterocycles. The Bertz CT molecular complexity index is 865. The van der Waals surface area contributed by atoms with Gasteiger partial charge < -0.3 is 10.3 Å². The number of carbonyl (C=O) groups excluding carboxylic acids is 1. The smallest absolute Gasteiger partial charge is 0.255 e. The fourth-order valence-corrected chi connectivity index (χ4v) is 2.08. The summed E-state index contributed by atoms with van der Waals surface area (Å²) in [5, 5.41) is 6.87. The van der Waals surface area contributed by atoms with Gasteiger partial charge >= 0.3 is 0 Å². The number of hydrogen-bond acceptors (Lipinski definition) is 4. The fraction of sp³-hybridized carbons (Fsp3) is 0.143. The van der Waals surface area contributed by atoms with Crippen molar-refractivity contribution in [3.8, 4) is 0 Å². The minimum Gasteiger partial charge on any atom is -0.363 e. The summed E-state index contributed by atoms with van der Waals surface area (Å²) >= 11 is 0. The minimum atomic E-state index is -0.262. The first-order valence-corrected chi connectivity index (χ1v) is 6.40. The molecule has 0 fully saturated rings. The van der Waals surface area contributed by atoms with Gasteiger partial charge in [0.15, 0.2) is 11.1 Å². The van der Waals surface area contributed by atoms with Crippen LogP contribution < -0.4 is 10.7 Å². The summed E-state index contributed by atoms with van der Waals surface area (Å²) < 4.78 is 1.61. The molecule has 3 aromatic rings. The van der Waals surface area contributed by atoms with Crippen LogP contribution in [0.4, 0.5) is 0 Å². The third kappa shape index (κ3) is 2.53. The summed E-state index contributed by atoms with van der Waals surface area (Å²) in [6.45, 7) is 2.05. The Morgan fingerprint density at radius 3 is 3.10 bits per heavy atom. The molecule has 0 saturated carbocycles. The number of H-pyrrole nitrogens is 1. The molecule has 1 amide bonds. The van der Waals surface area contributed by atoms with Crippen molar-refractivity contribution < 1.29 is 4.79 Å². The SMILES string of the molecule is Cc1c(C(=O)NCc2cc(=O)cc[nH]2)cnc2ccnn12. The highest BCUT2D eigenvalue weighted by molar-refractivity contribution is 5.95. The maximum atomic E-state index is 12.2. The number of carbonyl (C=O) groups is 1. The van der Waals surface area contributed by atoms with Crippen LogP contribution >= 0.6 is 0 Å². The number of nitrogens with zero attached hydrogens (tertiary/aromatic N) is 3. The first kappa shape index (κ1) is 13.0. The zero-order valence-electron chi connectivity index (χ0n) is 11.3. The maximum absolute atomic E-state index is 12.2. The Morgan fingerprint density at radius 2 is 2.29 bits per heavy atom. The molecule has 0 aliphatic carbocycles. The van der Waals surface area contributed by atoms with Crippen LogP contribution in [0.15, 0.2) is 41.6 Å². The van der Waals surface area contributed by atoms with Crippen LogP contribution in [0.2, 0.25) is 0 Å². The summed E-state index contributed by atoms with van der Waals surface area (Å²) in [5.74, 6) is -0.262. The van der Waals surface area contributed by atoms with Crippen LogP contribution in [0.25, 0.3) is 5.65 Å². The van der Waals surface area contributed by atoms with Gasteiger partial charge in [-0.3, -0.25) is 9.59 Å². The van der Waals surface area contributed by atoms with E-state index in [2.05, 4.69) is 20.4 Å². The van der Waals surface area contributed by atoms with Crippen LogP contribution in [-0.4, -0.2) is 25.5 Å². The van der Waals surface area contributed by atoms with Crippen LogP contribution in [0.3, 0.4) is 0 Å². The molecule has 21 heavy (non-hydrogen) atoms. The van der Waals surface area contributed by atoms with Gasteiger partial charge in [0.2, 0.25) is 0 Å². The van der Waals surface area contributed by atoms with Gasteiger partial charge in [-0.1, -0.05) is 0 Å². The molecule has 0 atom stereocenters. The molecule has 2 N–H and O–H groups in total. The van der Waals surface area contributed by atoms with Gasteiger partial charge in [-0.2, -0.15) is 5.10 Å². The monoisotopic (exact) mass is 283 g/mol. The lowest BCUT2D eigenvalue weighted by molar-refractivity contribution is 0.0948. The molecule has 0 bridgehead atoms. The van der Waals surface area contributed by atoms with Gasteiger partial charge in [0, 0.05) is 36.3 Å². The standard InChI is InChI=1S/C14H13N5O2/c1-9-12(8-16-13-3-5-18-19(9)13)14(21)17-7-10-6-11(20)2-4-15-10/h2-6,8H,7H2,1H3,(H,15,20)(H,17,21). The molecule has 0 unspecified atom stereocenters. The topological polar surface area (TPSA) is 92.1 Å². The van der Waals surface area contributed by atoms with E-state index in [1.165, 1.54) is 18.3 Å². The molecule has 3 aromatic heterocycles. The van der Waals surface area contributed by atoms with Crippen LogP contribution in [0.5, 0.6) is 0 Å². The number of pyridine rings is 1. The van der Waals surface area contributed by atoms with Gasteiger partial charge in [-0.25, -0.2) is 9.50 Å². The van der Waals surface area contributed by atoms with Crippen molar-refractivity contribution in [2.24, 2.45) is 0 Å². The van der Waals surface area contributed by atoms with Gasteiger partial charge in [-0.15, -0.1) is 0 Å². The zero-order valence-corrected chi connectivity index (χ0v) is 11.3. The van der Waals surface area contributed by atoms with Crippen molar-refractivity contribution in [3.05, 3.63) is 64.0 Å². The van der Waals surface area contributed by atoms with Gasteiger partial charge in [0.25, 0.3) is 5.91 Å². The van der Waals surface area contributed by atoms with Crippen molar-refractivity contribution in [2.45, 2.75) is 13.5 Å². The van der Waals surface area contributed by atoms with E-state index in [9.17, 15) is 9.59 Å². The summed E-state index contributed by atoms with van der Waals surface area (Å²) in [6, 6.07) is 4.64. The molecule has 0 aliphatic rings. The molecule has 7 nitrogen and oxygen atoms in total. The zero-order chi connectivity index (χ0) is 14.8. The number of amides is 1. The molecule has 0 aromatic carbocycles. The summed E-state index contributed by atoms with van der Waals surface area (Å²) in [4.78, 5) is 30.5. The average Bonchev–Trinajstić information content (AvgIpc) is 2.95. The minimum absolute atomic E-state index is 0.103. The van der Waals surface area contributed by atoms with Crippen LogP contribution in [-0.2, 0) is 6.54 Å². The Balaban J connectivity index is 1.81. The first-order chi connectivity index (χ1) is 10.1. The number of aromatic amines is 1. The second kappa shape index (κ2) is 5.20. The number of aryl methyl sites for hydroxylation is 1. The largest absolute Gasteiger partial charge is 0.363 e. The molecule has 7 heteroatoms. The summed E-state index contributed by atoms with van der Waals surface area (Å²) in [6.07, 6.45) is 4.70. The van der Waals surface area contributed by atoms with Gasteiger partial charge in [0.1, 0.15) is 0 Å². The van der Waals surface area contributed by atoms with Crippen molar-refractivity contribution in [1.29, 1.82) is 0 Å². The predicted molar refractivity (Wildman–Crippen MR) is 76.0 cm³/mol. The molecular formula is C14H13N5O2. The average molecular weight is 283 g/mol. The van der Waals surface area contributed by atoms with Crippen LogP contribution in [0.1, 0.15) is 21.7 Å².